The van der Waals surface area contributed by atoms with Crippen LogP contribution < -0.4 is 4.90 Å². The van der Waals surface area contributed by atoms with Crippen molar-refractivity contribution in [2.75, 3.05) is 31.2 Å². The molecule has 2 aromatic carbocycles. The van der Waals surface area contributed by atoms with E-state index < -0.39 is 15.7 Å². The maximum absolute atomic E-state index is 13.6. The van der Waals surface area contributed by atoms with E-state index in [-0.39, 0.29) is 14.8 Å². The second-order valence-corrected chi connectivity index (χ2v) is 9.00. The molecule has 0 N–H and O–H groups in total. The summed E-state index contributed by atoms with van der Waals surface area (Å²) in [5.74, 6) is -0.665. The zero-order chi connectivity index (χ0) is 19.9. The molecule has 0 saturated carbocycles. The molecule has 0 spiro atoms. The molecule has 0 bridgehead atoms. The molecule has 4 rings (SSSR count). The van der Waals surface area contributed by atoms with Crippen molar-refractivity contribution >= 4 is 38.0 Å². The lowest BCUT2D eigenvalue weighted by Crippen LogP contribution is -2.37. The minimum Gasteiger partial charge on any atom is -0.378 e. The molecule has 0 radical (unpaired) electrons. The molecule has 1 aliphatic rings. The van der Waals surface area contributed by atoms with Crippen molar-refractivity contribution in [1.29, 1.82) is 0 Å². The molecule has 146 valence electrons. The highest BCUT2D eigenvalue weighted by atomic mass is 35.5. The van der Waals surface area contributed by atoms with Gasteiger partial charge >= 0.3 is 0 Å². The molecule has 28 heavy (non-hydrogen) atoms. The third kappa shape index (κ3) is 3.34. The molecular formula is C20H18ClFN2O3S. The number of morpholine rings is 1. The van der Waals surface area contributed by atoms with E-state index in [9.17, 15) is 12.8 Å². The number of aromatic nitrogens is 1. The summed E-state index contributed by atoms with van der Waals surface area (Å²) in [6, 6.07) is 9.16. The number of benzene rings is 2. The van der Waals surface area contributed by atoms with Crippen molar-refractivity contribution in [3.05, 3.63) is 59.0 Å². The van der Waals surface area contributed by atoms with Gasteiger partial charge in [-0.15, -0.1) is 0 Å². The Balaban J connectivity index is 1.98. The number of ether oxygens (including phenoxy) is 1. The van der Waals surface area contributed by atoms with Gasteiger partial charge in [-0.1, -0.05) is 23.2 Å². The van der Waals surface area contributed by atoms with Gasteiger partial charge in [-0.25, -0.2) is 12.8 Å². The van der Waals surface area contributed by atoms with E-state index in [4.69, 9.17) is 16.3 Å². The van der Waals surface area contributed by atoms with Gasteiger partial charge in [-0.05, 0) is 37.3 Å². The number of fused-ring (bicyclic) bond motifs is 1. The molecular weight excluding hydrogens is 403 g/mol. The molecule has 0 unspecified atom stereocenters. The number of hydrogen-bond donors (Lipinski definition) is 0. The van der Waals surface area contributed by atoms with E-state index >= 15 is 0 Å². The van der Waals surface area contributed by atoms with E-state index in [2.05, 4.69) is 4.98 Å². The monoisotopic (exact) mass is 420 g/mol. The number of halogens is 2. The van der Waals surface area contributed by atoms with Gasteiger partial charge in [-0.2, -0.15) is 0 Å². The first-order chi connectivity index (χ1) is 13.4. The van der Waals surface area contributed by atoms with E-state index in [1.54, 1.807) is 0 Å². The van der Waals surface area contributed by atoms with Gasteiger partial charge in [0.25, 0.3) is 0 Å². The molecule has 1 saturated heterocycles. The number of rotatable bonds is 3. The predicted octanol–water partition coefficient (Wildman–Crippen LogP) is 4.01. The fourth-order valence-electron chi connectivity index (χ4n) is 3.35. The summed E-state index contributed by atoms with van der Waals surface area (Å²) in [4.78, 5) is 6.38. The molecule has 0 atom stereocenters. The van der Waals surface area contributed by atoms with Gasteiger partial charge in [0.1, 0.15) is 10.7 Å². The Hall–Kier alpha value is -2.22. The van der Waals surface area contributed by atoms with Gasteiger partial charge in [0.2, 0.25) is 9.84 Å². The maximum atomic E-state index is 13.6. The Kier molecular flexibility index (Phi) is 4.99. The van der Waals surface area contributed by atoms with E-state index in [0.717, 1.165) is 23.1 Å². The van der Waals surface area contributed by atoms with Crippen molar-refractivity contribution in [2.24, 2.45) is 0 Å². The molecule has 5 nitrogen and oxygen atoms in total. The second kappa shape index (κ2) is 7.31. The quantitative estimate of drug-likeness (QED) is 0.599. The molecule has 1 fully saturated rings. The summed E-state index contributed by atoms with van der Waals surface area (Å²) in [6.45, 7) is 4.11. The van der Waals surface area contributed by atoms with Gasteiger partial charge in [0.05, 0.1) is 34.3 Å². The summed E-state index contributed by atoms with van der Waals surface area (Å²) in [5.41, 5.74) is 2.31. The number of pyridine rings is 1. The van der Waals surface area contributed by atoms with Crippen LogP contribution in [0.4, 0.5) is 10.1 Å². The van der Waals surface area contributed by atoms with Crippen LogP contribution in [0.3, 0.4) is 0 Å². The average Bonchev–Trinajstić information content (AvgIpc) is 2.69. The average molecular weight is 421 g/mol. The van der Waals surface area contributed by atoms with E-state index in [1.807, 2.05) is 30.0 Å². The van der Waals surface area contributed by atoms with E-state index in [0.29, 0.717) is 37.5 Å². The number of hydrogen-bond acceptors (Lipinski definition) is 5. The summed E-state index contributed by atoms with van der Waals surface area (Å²) in [5, 5.41) is 0.523. The zero-order valence-electron chi connectivity index (χ0n) is 15.2. The van der Waals surface area contributed by atoms with Crippen molar-refractivity contribution in [3.8, 4) is 0 Å². The van der Waals surface area contributed by atoms with Crippen LogP contribution in [0.15, 0.2) is 52.4 Å². The second-order valence-electron chi connectivity index (χ2n) is 6.67. The number of anilines is 1. The predicted molar refractivity (Wildman–Crippen MR) is 106 cm³/mol. The fraction of sp³-hybridized carbons (Fsp3) is 0.250. The lowest BCUT2D eigenvalue weighted by atomic mass is 10.1. The topological polar surface area (TPSA) is 59.5 Å². The van der Waals surface area contributed by atoms with Crippen LogP contribution in [0.1, 0.15) is 5.56 Å². The van der Waals surface area contributed by atoms with Gasteiger partial charge < -0.3 is 9.64 Å². The fourth-order valence-corrected chi connectivity index (χ4v) is 5.06. The van der Waals surface area contributed by atoms with E-state index in [1.165, 1.54) is 12.3 Å². The first-order valence-corrected chi connectivity index (χ1v) is 10.7. The highest BCUT2D eigenvalue weighted by molar-refractivity contribution is 7.91. The van der Waals surface area contributed by atoms with Crippen LogP contribution >= 0.6 is 11.6 Å². The van der Waals surface area contributed by atoms with Gasteiger partial charge in [0, 0.05) is 24.7 Å². The van der Waals surface area contributed by atoms with Crippen molar-refractivity contribution in [2.45, 2.75) is 16.7 Å². The highest BCUT2D eigenvalue weighted by Gasteiger charge is 2.28. The number of sulfone groups is 1. The Morgan fingerprint density at radius 1 is 1.14 bits per heavy atom. The minimum atomic E-state index is -3.96. The van der Waals surface area contributed by atoms with Crippen LogP contribution in [-0.2, 0) is 14.6 Å². The lowest BCUT2D eigenvalue weighted by molar-refractivity contribution is 0.122. The summed E-state index contributed by atoms with van der Waals surface area (Å²) >= 11 is 5.83. The van der Waals surface area contributed by atoms with Crippen LogP contribution in [0, 0.1) is 12.7 Å². The third-order valence-electron chi connectivity index (χ3n) is 4.78. The lowest BCUT2D eigenvalue weighted by Gasteiger charge is -2.31. The Bertz CT molecular complexity index is 1160. The zero-order valence-corrected chi connectivity index (χ0v) is 16.7. The smallest absolute Gasteiger partial charge is 0.210 e. The van der Waals surface area contributed by atoms with Crippen molar-refractivity contribution in [3.63, 3.8) is 0 Å². The standard InChI is InChI=1S/C20H18ClFN2O3S/c1-13-2-5-18-15(10-13)20(24-6-8-27-9-7-24)19(12-23-18)28(25,26)14-3-4-17(22)16(21)11-14/h2-5,10-12H,6-9H2,1H3. The Morgan fingerprint density at radius 3 is 2.61 bits per heavy atom. The van der Waals surface area contributed by atoms with Crippen LogP contribution in [0.2, 0.25) is 5.02 Å². The molecule has 1 aliphatic heterocycles. The normalized spacial score (nSPS) is 15.2. The molecule has 0 amide bonds. The molecule has 0 aliphatic carbocycles. The van der Waals surface area contributed by atoms with Crippen LogP contribution in [0.5, 0.6) is 0 Å². The maximum Gasteiger partial charge on any atom is 0.210 e. The van der Waals surface area contributed by atoms with Crippen LogP contribution in [-0.4, -0.2) is 39.7 Å². The Morgan fingerprint density at radius 2 is 1.89 bits per heavy atom. The largest absolute Gasteiger partial charge is 0.378 e. The molecule has 3 aromatic rings. The third-order valence-corrected chi connectivity index (χ3v) is 6.82. The van der Waals surface area contributed by atoms with Crippen molar-refractivity contribution in [1.82, 2.24) is 4.98 Å². The minimum absolute atomic E-state index is 0.0674. The van der Waals surface area contributed by atoms with Gasteiger partial charge in [0.15, 0.2) is 0 Å². The summed E-state index contributed by atoms with van der Waals surface area (Å²) in [6.07, 6.45) is 1.37. The van der Waals surface area contributed by atoms with Crippen LogP contribution in [0.25, 0.3) is 10.9 Å². The first-order valence-electron chi connectivity index (χ1n) is 8.80. The number of aryl methyl sites for hydroxylation is 1. The highest BCUT2D eigenvalue weighted by Crippen LogP contribution is 2.37. The van der Waals surface area contributed by atoms with Gasteiger partial charge in [-0.3, -0.25) is 4.98 Å². The number of nitrogens with zero attached hydrogens (tertiary/aromatic N) is 2. The molecule has 1 aromatic heterocycles. The SMILES string of the molecule is Cc1ccc2ncc(S(=O)(=O)c3ccc(F)c(Cl)c3)c(N3CCOCC3)c2c1. The first kappa shape index (κ1) is 19.1. The summed E-state index contributed by atoms with van der Waals surface area (Å²) in [7, 11) is -3.96. The molecule has 2 heterocycles. The molecule has 8 heteroatoms. The Labute approximate surface area is 167 Å². The van der Waals surface area contributed by atoms with Crippen molar-refractivity contribution < 1.29 is 17.5 Å². The summed E-state index contributed by atoms with van der Waals surface area (Å²) < 4.78 is 45.8.